The van der Waals surface area contributed by atoms with Crippen LogP contribution in [-0.2, 0) is 9.13 Å². The Morgan fingerprint density at radius 1 is 0.475 bits per heavy atom. The summed E-state index contributed by atoms with van der Waals surface area (Å²) in [4.78, 5) is 5.82. The molecule has 0 aromatic heterocycles. The molecule has 2 heterocycles. The van der Waals surface area contributed by atoms with Crippen molar-refractivity contribution in [2.75, 3.05) is 4.90 Å². The maximum absolute atomic E-state index is 17.0. The van der Waals surface area contributed by atoms with Gasteiger partial charge in [0.05, 0.1) is 46.9 Å². The zero-order chi connectivity index (χ0) is 42.0. The first-order valence-electron chi connectivity index (χ1n) is 19.8. The first-order valence-corrected chi connectivity index (χ1v) is 23.2. The van der Waals surface area contributed by atoms with E-state index in [9.17, 15) is 10.5 Å². The summed E-state index contributed by atoms with van der Waals surface area (Å²) in [6.07, 6.45) is 0. The molecule has 0 radical (unpaired) electrons. The van der Waals surface area contributed by atoms with Crippen LogP contribution < -0.4 is 36.7 Å². The summed E-state index contributed by atoms with van der Waals surface area (Å²) >= 11 is 0. The van der Waals surface area contributed by atoms with E-state index in [-0.39, 0.29) is 0 Å². The van der Waals surface area contributed by atoms with Crippen LogP contribution in [0.1, 0.15) is 22.3 Å². The Bertz CT molecular complexity index is 3210. The van der Waals surface area contributed by atoms with E-state index in [1.165, 1.54) is 0 Å². The Kier molecular flexibility index (Phi) is 8.88. The van der Waals surface area contributed by atoms with Gasteiger partial charge in [0.1, 0.15) is 0 Å². The van der Waals surface area contributed by atoms with E-state index in [4.69, 9.17) is 6.57 Å². The molecule has 2 atom stereocenters. The van der Waals surface area contributed by atoms with E-state index in [1.54, 1.807) is 24.3 Å². The number of fused-ring (bicyclic) bond motifs is 4. The summed E-state index contributed by atoms with van der Waals surface area (Å²) in [7, 11) is -7.58. The standard InChI is InChI=1S/C53H34N4O2P2/c1-34-16-22-47-49(24-34)60(58,45-14-6-11-41(28-45)39-9-4-8-37(26-39)33-55)51-30-43(38-20-18-36(32-54)19-21-38)31-52-53(51)57(47)48-23-17-35(2)25-50(48)61(52,59)46-15-7-12-42(29-46)40-10-5-13-44(27-40)56-3/h4-31H,1-2H3. The predicted octanol–water partition coefficient (Wildman–Crippen LogP) is 11.0. The fraction of sp³-hybridized carbons (Fsp3) is 0.0377. The Morgan fingerprint density at radius 2 is 0.967 bits per heavy atom. The molecule has 2 aliphatic rings. The predicted molar refractivity (Wildman–Crippen MR) is 248 cm³/mol. The summed E-state index contributed by atoms with van der Waals surface area (Å²) in [6.45, 7) is 11.7. The highest BCUT2D eigenvalue weighted by Crippen LogP contribution is 2.61. The number of rotatable bonds is 5. The quantitative estimate of drug-likeness (QED) is 0.127. The first-order chi connectivity index (χ1) is 29.6. The lowest BCUT2D eigenvalue weighted by Crippen LogP contribution is -2.46. The van der Waals surface area contributed by atoms with Gasteiger partial charge in [0.2, 0.25) is 0 Å². The molecule has 0 bridgehead atoms. The van der Waals surface area contributed by atoms with E-state index in [0.29, 0.717) is 54.3 Å². The highest BCUT2D eigenvalue weighted by atomic mass is 31.2. The average Bonchev–Trinajstić information content (AvgIpc) is 3.31. The number of anilines is 3. The molecule has 0 fully saturated rings. The minimum Gasteiger partial charge on any atom is -0.308 e. The van der Waals surface area contributed by atoms with Crippen molar-refractivity contribution in [1.82, 2.24) is 0 Å². The van der Waals surface area contributed by atoms with Crippen molar-refractivity contribution in [3.63, 3.8) is 0 Å². The third-order valence-corrected chi connectivity index (χ3v) is 17.9. The van der Waals surface area contributed by atoms with Crippen molar-refractivity contribution in [3.8, 4) is 45.5 Å². The molecule has 2 unspecified atom stereocenters. The molecule has 0 saturated carbocycles. The summed E-state index contributed by atoms with van der Waals surface area (Å²) < 4.78 is 34.1. The lowest BCUT2D eigenvalue weighted by Gasteiger charge is -2.45. The number of aryl methyl sites for hydroxylation is 2. The van der Waals surface area contributed by atoms with Gasteiger partial charge in [0.15, 0.2) is 20.0 Å². The topological polar surface area (TPSA) is 89.3 Å². The third kappa shape index (κ3) is 5.91. The van der Waals surface area contributed by atoms with Crippen LogP contribution >= 0.6 is 14.3 Å². The van der Waals surface area contributed by atoms with Gasteiger partial charge in [-0.2, -0.15) is 10.5 Å². The smallest absolute Gasteiger partial charge is 0.187 e. The summed E-state index contributed by atoms with van der Waals surface area (Å²) in [5.74, 6) is 0. The average molecular weight is 821 g/mol. The largest absolute Gasteiger partial charge is 0.308 e. The molecular formula is C53H34N4O2P2. The van der Waals surface area contributed by atoms with E-state index in [0.717, 1.165) is 55.9 Å². The molecule has 8 heteroatoms. The minimum absolute atomic E-state index is 0.510. The van der Waals surface area contributed by atoms with Crippen LogP contribution in [0.2, 0.25) is 0 Å². The van der Waals surface area contributed by atoms with Gasteiger partial charge in [-0.05, 0) is 126 Å². The molecular weight excluding hydrogens is 787 g/mol. The van der Waals surface area contributed by atoms with Gasteiger partial charge in [0, 0.05) is 31.8 Å². The van der Waals surface area contributed by atoms with Gasteiger partial charge < -0.3 is 14.0 Å². The van der Waals surface area contributed by atoms with Crippen LogP contribution in [0.15, 0.2) is 170 Å². The van der Waals surface area contributed by atoms with E-state index in [1.807, 2.05) is 159 Å². The fourth-order valence-corrected chi connectivity index (χ4v) is 15.2. The minimum atomic E-state index is -3.79. The van der Waals surface area contributed by atoms with E-state index >= 15 is 9.13 Å². The SMILES string of the molecule is [C-]#[N+]c1cccc(-c2cccc(P3(=O)c4cc(C)ccc4N4c5ccc(C)cc5P(=O)(c5cccc(-c6cccc(C#N)c6)c5)c5cc(-c6ccc(C#N)cc6)cc3c54)c2)c1. The lowest BCUT2D eigenvalue weighted by molar-refractivity contribution is 0.592. The van der Waals surface area contributed by atoms with Crippen LogP contribution in [-0.4, -0.2) is 0 Å². The molecule has 10 rings (SSSR count). The molecule has 288 valence electrons. The van der Waals surface area contributed by atoms with Gasteiger partial charge in [-0.15, -0.1) is 0 Å². The molecule has 0 amide bonds. The summed E-state index contributed by atoms with van der Waals surface area (Å²) in [6, 6.07) is 58.3. The van der Waals surface area contributed by atoms with Crippen LogP contribution in [0.25, 0.3) is 38.2 Å². The number of hydrogen-bond donors (Lipinski definition) is 0. The third-order valence-electron chi connectivity index (χ3n) is 11.8. The highest BCUT2D eigenvalue weighted by Gasteiger charge is 2.50. The molecule has 8 aromatic carbocycles. The second-order valence-corrected chi connectivity index (χ2v) is 20.9. The Morgan fingerprint density at radius 3 is 1.49 bits per heavy atom. The Balaban J connectivity index is 1.33. The molecule has 0 saturated heterocycles. The number of hydrogen-bond acceptors (Lipinski definition) is 5. The zero-order valence-electron chi connectivity index (χ0n) is 33.2. The maximum atomic E-state index is 17.0. The molecule has 8 aromatic rings. The fourth-order valence-electron chi connectivity index (χ4n) is 8.84. The van der Waals surface area contributed by atoms with Crippen molar-refractivity contribution in [2.45, 2.75) is 13.8 Å². The Hall–Kier alpha value is -7.51. The van der Waals surface area contributed by atoms with Crippen LogP contribution in [0.4, 0.5) is 22.7 Å². The van der Waals surface area contributed by atoms with Gasteiger partial charge >= 0.3 is 0 Å². The van der Waals surface area contributed by atoms with Gasteiger partial charge in [0.25, 0.3) is 0 Å². The molecule has 61 heavy (non-hydrogen) atoms. The molecule has 0 aliphatic carbocycles. The Labute approximate surface area is 354 Å². The number of benzene rings is 8. The van der Waals surface area contributed by atoms with Crippen molar-refractivity contribution in [3.05, 3.63) is 204 Å². The van der Waals surface area contributed by atoms with E-state index in [2.05, 4.69) is 21.9 Å². The van der Waals surface area contributed by atoms with Crippen molar-refractivity contribution < 1.29 is 9.13 Å². The number of nitrogens with zero attached hydrogens (tertiary/aromatic N) is 4. The molecule has 0 spiro atoms. The normalized spacial score (nSPS) is 16.9. The number of nitriles is 2. The van der Waals surface area contributed by atoms with Crippen molar-refractivity contribution in [1.29, 1.82) is 10.5 Å². The van der Waals surface area contributed by atoms with Gasteiger partial charge in [-0.25, -0.2) is 4.85 Å². The van der Waals surface area contributed by atoms with Gasteiger partial charge in [-0.3, -0.25) is 0 Å². The van der Waals surface area contributed by atoms with Crippen molar-refractivity contribution in [2.24, 2.45) is 0 Å². The van der Waals surface area contributed by atoms with E-state index < -0.39 is 14.3 Å². The summed E-state index contributed by atoms with van der Waals surface area (Å²) in [5.41, 5.74) is 10.5. The maximum Gasteiger partial charge on any atom is 0.187 e. The second kappa shape index (κ2) is 14.3. The first kappa shape index (κ1) is 37.7. The van der Waals surface area contributed by atoms with Crippen LogP contribution in [0, 0.1) is 43.1 Å². The monoisotopic (exact) mass is 820 g/mol. The van der Waals surface area contributed by atoms with Crippen LogP contribution in [0.3, 0.4) is 0 Å². The van der Waals surface area contributed by atoms with Crippen LogP contribution in [0.5, 0.6) is 0 Å². The second-order valence-electron chi connectivity index (χ2n) is 15.5. The molecule has 0 N–H and O–H groups in total. The van der Waals surface area contributed by atoms with Crippen molar-refractivity contribution >= 4 is 68.9 Å². The molecule has 2 aliphatic heterocycles. The summed E-state index contributed by atoms with van der Waals surface area (Å²) in [5, 5.41) is 23.2. The zero-order valence-corrected chi connectivity index (χ0v) is 35.0. The van der Waals surface area contributed by atoms with Gasteiger partial charge in [-0.1, -0.05) is 102 Å². The molecule has 6 nitrogen and oxygen atoms in total. The lowest BCUT2D eigenvalue weighted by atomic mass is 10.0. The highest BCUT2D eigenvalue weighted by molar-refractivity contribution is 7.88.